The van der Waals surface area contributed by atoms with E-state index >= 15 is 0 Å². The van der Waals surface area contributed by atoms with Crippen molar-refractivity contribution in [3.63, 3.8) is 0 Å². The number of hydrogen-bond acceptors (Lipinski definition) is 4. The summed E-state index contributed by atoms with van der Waals surface area (Å²) in [6.45, 7) is 1.87. The molecule has 2 aliphatic rings. The molecule has 21 heavy (non-hydrogen) atoms. The summed E-state index contributed by atoms with van der Waals surface area (Å²) in [5.41, 5.74) is 0.581. The smallest absolute Gasteiger partial charge is 0.251 e. The summed E-state index contributed by atoms with van der Waals surface area (Å²) < 4.78 is 11.1. The molecule has 1 saturated carbocycles. The molecule has 1 aliphatic heterocycles. The van der Waals surface area contributed by atoms with E-state index in [1.165, 1.54) is 0 Å². The van der Waals surface area contributed by atoms with Gasteiger partial charge in [0.15, 0.2) is 11.5 Å². The number of aliphatic hydroxyl groups excluding tert-OH is 1. The summed E-state index contributed by atoms with van der Waals surface area (Å²) in [4.78, 5) is 12.2. The molecule has 0 saturated heterocycles. The monoisotopic (exact) mass is 291 g/mol. The predicted molar refractivity (Wildman–Crippen MR) is 77.7 cm³/mol. The third-order valence-corrected chi connectivity index (χ3v) is 4.07. The van der Waals surface area contributed by atoms with Crippen LogP contribution in [0.25, 0.3) is 0 Å². The molecule has 1 amide bonds. The van der Waals surface area contributed by atoms with Crippen LogP contribution < -0.4 is 14.8 Å². The third kappa shape index (κ3) is 3.47. The van der Waals surface area contributed by atoms with E-state index in [1.54, 1.807) is 18.2 Å². The molecule has 5 nitrogen and oxygen atoms in total. The fourth-order valence-electron chi connectivity index (χ4n) is 2.88. The van der Waals surface area contributed by atoms with Crippen molar-refractivity contribution in [3.8, 4) is 11.5 Å². The first kappa shape index (κ1) is 14.2. The number of fused-ring (bicyclic) bond motifs is 1. The molecule has 5 heteroatoms. The molecule has 2 N–H and O–H groups in total. The lowest BCUT2D eigenvalue weighted by molar-refractivity contribution is 0.0944. The van der Waals surface area contributed by atoms with E-state index in [-0.39, 0.29) is 12.0 Å². The number of carbonyl (C=O) groups excluding carboxylic acids is 1. The first-order valence-corrected chi connectivity index (χ1v) is 7.58. The van der Waals surface area contributed by atoms with Crippen LogP contribution in [0, 0.1) is 5.92 Å². The van der Waals surface area contributed by atoms with Crippen LogP contribution in [0.2, 0.25) is 0 Å². The Bertz CT molecular complexity index is 517. The second kappa shape index (κ2) is 6.35. The maximum absolute atomic E-state index is 12.2. The number of amides is 1. The molecule has 1 fully saturated rings. The Hall–Kier alpha value is -1.75. The van der Waals surface area contributed by atoms with Gasteiger partial charge in [-0.2, -0.15) is 0 Å². The molecule has 114 valence electrons. The van der Waals surface area contributed by atoms with Crippen LogP contribution in [0.1, 0.15) is 36.0 Å². The van der Waals surface area contributed by atoms with Gasteiger partial charge in [0.1, 0.15) is 0 Å². The molecular weight excluding hydrogens is 270 g/mol. The third-order valence-electron chi connectivity index (χ3n) is 4.07. The molecule has 1 aromatic carbocycles. The lowest BCUT2D eigenvalue weighted by Crippen LogP contribution is -2.28. The topological polar surface area (TPSA) is 67.8 Å². The molecular formula is C16H21NO4. The maximum Gasteiger partial charge on any atom is 0.251 e. The number of carbonyl (C=O) groups is 1. The largest absolute Gasteiger partial charge is 0.490 e. The Kier molecular flexibility index (Phi) is 4.29. The molecule has 0 radical (unpaired) electrons. The number of nitrogens with one attached hydrogen (secondary N) is 1. The predicted octanol–water partition coefficient (Wildman–Crippen LogP) is 1.74. The van der Waals surface area contributed by atoms with Gasteiger partial charge in [0, 0.05) is 18.5 Å². The fourth-order valence-corrected chi connectivity index (χ4v) is 2.88. The van der Waals surface area contributed by atoms with E-state index in [9.17, 15) is 9.90 Å². The van der Waals surface area contributed by atoms with Gasteiger partial charge in [-0.15, -0.1) is 0 Å². The highest BCUT2D eigenvalue weighted by atomic mass is 16.5. The highest BCUT2D eigenvalue weighted by Gasteiger charge is 2.23. The molecule has 2 unspecified atom stereocenters. The van der Waals surface area contributed by atoms with Crippen LogP contribution in [0.3, 0.4) is 0 Å². The zero-order valence-electron chi connectivity index (χ0n) is 12.0. The van der Waals surface area contributed by atoms with Crippen LogP contribution in [-0.2, 0) is 0 Å². The van der Waals surface area contributed by atoms with Crippen LogP contribution in [-0.4, -0.2) is 36.9 Å². The molecule has 3 rings (SSSR count). The molecule has 1 aromatic rings. The number of hydrogen-bond donors (Lipinski definition) is 2. The molecule has 0 bridgehead atoms. The van der Waals surface area contributed by atoms with Crippen molar-refractivity contribution in [2.24, 2.45) is 5.92 Å². The molecule has 1 heterocycles. The summed E-state index contributed by atoms with van der Waals surface area (Å²) in [6.07, 6.45) is 3.24. The number of ether oxygens (including phenoxy) is 2. The van der Waals surface area contributed by atoms with Crippen molar-refractivity contribution in [2.75, 3.05) is 19.8 Å². The Balaban J connectivity index is 1.60. The summed E-state index contributed by atoms with van der Waals surface area (Å²) in [6, 6.07) is 5.28. The van der Waals surface area contributed by atoms with Gasteiger partial charge >= 0.3 is 0 Å². The zero-order valence-corrected chi connectivity index (χ0v) is 12.0. The van der Waals surface area contributed by atoms with Gasteiger partial charge in [0.05, 0.1) is 19.3 Å². The van der Waals surface area contributed by atoms with Crippen molar-refractivity contribution < 1.29 is 19.4 Å². The van der Waals surface area contributed by atoms with Gasteiger partial charge in [0.25, 0.3) is 5.91 Å². The lowest BCUT2D eigenvalue weighted by atomic mass is 10.1. The number of rotatable bonds is 3. The molecule has 0 spiro atoms. The Morgan fingerprint density at radius 1 is 1.24 bits per heavy atom. The molecule has 0 aromatic heterocycles. The average Bonchev–Trinajstić information content (AvgIpc) is 2.77. The van der Waals surface area contributed by atoms with E-state index in [2.05, 4.69) is 5.32 Å². The van der Waals surface area contributed by atoms with E-state index in [4.69, 9.17) is 9.47 Å². The van der Waals surface area contributed by atoms with E-state index in [1.807, 2.05) is 0 Å². The van der Waals surface area contributed by atoms with Gasteiger partial charge in [-0.05, 0) is 43.4 Å². The van der Waals surface area contributed by atoms with Crippen LogP contribution in [0.15, 0.2) is 18.2 Å². The zero-order chi connectivity index (χ0) is 14.7. The Labute approximate surface area is 124 Å². The number of benzene rings is 1. The molecule has 2 atom stereocenters. The van der Waals surface area contributed by atoms with Gasteiger partial charge in [-0.3, -0.25) is 4.79 Å². The van der Waals surface area contributed by atoms with Crippen LogP contribution in [0.4, 0.5) is 0 Å². The van der Waals surface area contributed by atoms with Crippen LogP contribution >= 0.6 is 0 Å². The minimum absolute atomic E-state index is 0.105. The number of aliphatic hydroxyl groups is 1. The standard InChI is InChI=1S/C16H21NO4/c18-13-4-2-11(8-13)10-17-16(19)12-3-5-14-15(9-12)21-7-1-6-20-14/h3,5,9,11,13,18H,1-2,4,6-8,10H2,(H,17,19). The van der Waals surface area contributed by atoms with Gasteiger partial charge in [0.2, 0.25) is 0 Å². The van der Waals surface area contributed by atoms with Gasteiger partial charge in [-0.1, -0.05) is 0 Å². The Morgan fingerprint density at radius 2 is 2.05 bits per heavy atom. The average molecular weight is 291 g/mol. The fraction of sp³-hybridized carbons (Fsp3) is 0.562. The van der Waals surface area contributed by atoms with Crippen molar-refractivity contribution >= 4 is 5.91 Å². The summed E-state index contributed by atoms with van der Waals surface area (Å²) in [7, 11) is 0. The van der Waals surface area contributed by atoms with Crippen molar-refractivity contribution in [3.05, 3.63) is 23.8 Å². The van der Waals surface area contributed by atoms with Crippen molar-refractivity contribution in [2.45, 2.75) is 31.8 Å². The van der Waals surface area contributed by atoms with E-state index in [0.717, 1.165) is 25.7 Å². The normalized spacial score (nSPS) is 24.4. The van der Waals surface area contributed by atoms with E-state index < -0.39 is 0 Å². The lowest BCUT2D eigenvalue weighted by Gasteiger charge is -2.12. The first-order chi connectivity index (χ1) is 10.2. The van der Waals surface area contributed by atoms with Gasteiger partial charge in [-0.25, -0.2) is 0 Å². The maximum atomic E-state index is 12.2. The summed E-state index contributed by atoms with van der Waals surface area (Å²) in [5, 5.41) is 12.4. The highest BCUT2D eigenvalue weighted by molar-refractivity contribution is 5.94. The van der Waals surface area contributed by atoms with Gasteiger partial charge < -0.3 is 19.9 Å². The van der Waals surface area contributed by atoms with Crippen molar-refractivity contribution in [1.29, 1.82) is 0 Å². The minimum atomic E-state index is -0.204. The summed E-state index contributed by atoms with van der Waals surface area (Å²) >= 11 is 0. The second-order valence-corrected chi connectivity index (χ2v) is 5.75. The molecule has 1 aliphatic carbocycles. The quantitative estimate of drug-likeness (QED) is 0.890. The highest BCUT2D eigenvalue weighted by Crippen LogP contribution is 2.30. The summed E-state index contributed by atoms with van der Waals surface area (Å²) in [5.74, 6) is 1.61. The Morgan fingerprint density at radius 3 is 2.81 bits per heavy atom. The SMILES string of the molecule is O=C(NCC1CCC(O)C1)c1ccc2c(c1)OCCCO2. The first-order valence-electron chi connectivity index (χ1n) is 7.58. The van der Waals surface area contributed by atoms with E-state index in [0.29, 0.717) is 42.7 Å². The minimum Gasteiger partial charge on any atom is -0.490 e. The second-order valence-electron chi connectivity index (χ2n) is 5.75. The van der Waals surface area contributed by atoms with Crippen LogP contribution in [0.5, 0.6) is 11.5 Å². The van der Waals surface area contributed by atoms with Crippen molar-refractivity contribution in [1.82, 2.24) is 5.32 Å².